The molecular weight excluding hydrogens is 244 g/mol. The van der Waals surface area contributed by atoms with Crippen LogP contribution in [0.3, 0.4) is 0 Å². The van der Waals surface area contributed by atoms with Crippen LogP contribution in [0.15, 0.2) is 24.3 Å². The number of para-hydroxylation sites is 1. The van der Waals surface area contributed by atoms with Crippen molar-refractivity contribution in [3.05, 3.63) is 29.8 Å². The summed E-state index contributed by atoms with van der Waals surface area (Å²) < 4.78 is 4.94. The average Bonchev–Trinajstić information content (AvgIpc) is 2.69. The van der Waals surface area contributed by atoms with Gasteiger partial charge < -0.3 is 15.4 Å². The van der Waals surface area contributed by atoms with Crippen LogP contribution >= 0.6 is 0 Å². The number of nitrogens with zero attached hydrogens (tertiary/aromatic N) is 1. The first-order chi connectivity index (χ1) is 9.11. The van der Waals surface area contributed by atoms with E-state index in [9.17, 15) is 9.59 Å². The topological polar surface area (TPSA) is 72.6 Å². The summed E-state index contributed by atoms with van der Waals surface area (Å²) in [5.41, 5.74) is 7.35. The van der Waals surface area contributed by atoms with E-state index in [2.05, 4.69) is 0 Å². The van der Waals surface area contributed by atoms with Gasteiger partial charge in [-0.15, -0.1) is 0 Å². The van der Waals surface area contributed by atoms with E-state index >= 15 is 0 Å². The van der Waals surface area contributed by atoms with Gasteiger partial charge in [0, 0.05) is 24.7 Å². The molecule has 1 heterocycles. The SMILES string of the molecule is CCOC(=O)Cc1ccccc1N1CC(N)CC1=O. The fourth-order valence-electron chi connectivity index (χ4n) is 2.26. The zero-order valence-electron chi connectivity index (χ0n) is 11.0. The lowest BCUT2D eigenvalue weighted by Gasteiger charge is -2.19. The van der Waals surface area contributed by atoms with Crippen molar-refractivity contribution < 1.29 is 14.3 Å². The number of amides is 1. The van der Waals surface area contributed by atoms with E-state index in [4.69, 9.17) is 10.5 Å². The van der Waals surface area contributed by atoms with Crippen LogP contribution in [-0.2, 0) is 20.7 Å². The summed E-state index contributed by atoms with van der Waals surface area (Å²) in [5.74, 6) is -0.283. The number of hydrogen-bond donors (Lipinski definition) is 1. The summed E-state index contributed by atoms with van der Waals surface area (Å²) in [4.78, 5) is 25.1. The fraction of sp³-hybridized carbons (Fsp3) is 0.429. The number of nitrogens with two attached hydrogens (primary N) is 1. The number of rotatable bonds is 4. The van der Waals surface area contributed by atoms with Crippen LogP contribution in [0.5, 0.6) is 0 Å². The minimum absolute atomic E-state index is 0.00353. The smallest absolute Gasteiger partial charge is 0.310 e. The molecule has 1 aromatic rings. The van der Waals surface area contributed by atoms with Gasteiger partial charge in [0.25, 0.3) is 0 Å². The molecular formula is C14H18N2O3. The highest BCUT2D eigenvalue weighted by Crippen LogP contribution is 2.25. The van der Waals surface area contributed by atoms with Gasteiger partial charge in [0.05, 0.1) is 13.0 Å². The van der Waals surface area contributed by atoms with Crippen molar-refractivity contribution in [2.45, 2.75) is 25.8 Å². The highest BCUT2D eigenvalue weighted by molar-refractivity contribution is 5.97. The van der Waals surface area contributed by atoms with E-state index in [1.54, 1.807) is 11.8 Å². The minimum atomic E-state index is -0.286. The van der Waals surface area contributed by atoms with Gasteiger partial charge in [0.2, 0.25) is 5.91 Å². The summed E-state index contributed by atoms with van der Waals surface area (Å²) in [6.45, 7) is 2.63. The van der Waals surface area contributed by atoms with Gasteiger partial charge in [-0.1, -0.05) is 18.2 Å². The predicted molar refractivity (Wildman–Crippen MR) is 71.7 cm³/mol. The molecule has 0 spiro atoms. The Morgan fingerprint density at radius 1 is 1.47 bits per heavy atom. The molecule has 1 amide bonds. The Morgan fingerprint density at radius 3 is 2.84 bits per heavy atom. The molecule has 0 aromatic heterocycles. The van der Waals surface area contributed by atoms with Crippen LogP contribution in [0.25, 0.3) is 0 Å². The zero-order valence-corrected chi connectivity index (χ0v) is 11.0. The van der Waals surface area contributed by atoms with Crippen LogP contribution in [0.4, 0.5) is 5.69 Å². The summed E-state index contributed by atoms with van der Waals surface area (Å²) in [6, 6.07) is 7.23. The molecule has 0 radical (unpaired) electrons. The van der Waals surface area contributed by atoms with Gasteiger partial charge in [-0.05, 0) is 18.6 Å². The molecule has 1 unspecified atom stereocenters. The lowest BCUT2D eigenvalue weighted by molar-refractivity contribution is -0.142. The van der Waals surface area contributed by atoms with Gasteiger partial charge in [0.15, 0.2) is 0 Å². The first kappa shape index (κ1) is 13.5. The molecule has 5 heteroatoms. The number of carbonyl (C=O) groups excluding carboxylic acids is 2. The van der Waals surface area contributed by atoms with Crippen LogP contribution in [0.2, 0.25) is 0 Å². The molecule has 0 bridgehead atoms. The van der Waals surface area contributed by atoms with E-state index in [0.29, 0.717) is 19.6 Å². The predicted octanol–water partition coefficient (Wildman–Crippen LogP) is 0.856. The number of hydrogen-bond acceptors (Lipinski definition) is 4. The molecule has 0 saturated carbocycles. The number of carbonyl (C=O) groups is 2. The van der Waals surface area contributed by atoms with Crippen molar-refractivity contribution >= 4 is 17.6 Å². The molecule has 1 saturated heterocycles. The second kappa shape index (κ2) is 5.84. The Labute approximate surface area is 112 Å². The van der Waals surface area contributed by atoms with Gasteiger partial charge in [-0.3, -0.25) is 9.59 Å². The van der Waals surface area contributed by atoms with Gasteiger partial charge in [0.1, 0.15) is 0 Å². The molecule has 2 N–H and O–H groups in total. The van der Waals surface area contributed by atoms with Gasteiger partial charge >= 0.3 is 5.97 Å². The number of ether oxygens (including phenoxy) is 1. The fourth-order valence-corrected chi connectivity index (χ4v) is 2.26. The quantitative estimate of drug-likeness (QED) is 0.817. The summed E-state index contributed by atoms with van der Waals surface area (Å²) in [7, 11) is 0. The first-order valence-electron chi connectivity index (χ1n) is 6.41. The molecule has 1 aromatic carbocycles. The van der Waals surface area contributed by atoms with Gasteiger partial charge in [-0.2, -0.15) is 0 Å². The highest BCUT2D eigenvalue weighted by atomic mass is 16.5. The highest BCUT2D eigenvalue weighted by Gasteiger charge is 2.29. The monoisotopic (exact) mass is 262 g/mol. The Bertz CT molecular complexity index is 487. The third kappa shape index (κ3) is 3.12. The van der Waals surface area contributed by atoms with Crippen molar-refractivity contribution in [2.75, 3.05) is 18.1 Å². The first-order valence-corrected chi connectivity index (χ1v) is 6.41. The van der Waals surface area contributed by atoms with Crippen LogP contribution in [0.1, 0.15) is 18.9 Å². The van der Waals surface area contributed by atoms with E-state index in [1.807, 2.05) is 24.3 Å². The second-order valence-corrected chi connectivity index (χ2v) is 4.58. The van der Waals surface area contributed by atoms with Crippen LogP contribution in [0, 0.1) is 0 Å². The van der Waals surface area contributed by atoms with E-state index in [0.717, 1.165) is 11.3 Å². The standard InChI is InChI=1S/C14H18N2O3/c1-2-19-14(18)7-10-5-3-4-6-12(10)16-9-11(15)8-13(16)17/h3-6,11H,2,7-9,15H2,1H3. The molecule has 102 valence electrons. The normalized spacial score (nSPS) is 18.7. The Morgan fingerprint density at radius 2 is 2.21 bits per heavy atom. The molecule has 19 heavy (non-hydrogen) atoms. The Hall–Kier alpha value is -1.88. The third-order valence-corrected chi connectivity index (χ3v) is 3.08. The molecule has 1 atom stereocenters. The maximum absolute atomic E-state index is 11.9. The van der Waals surface area contributed by atoms with Crippen molar-refractivity contribution in [3.63, 3.8) is 0 Å². The molecule has 1 fully saturated rings. The van der Waals surface area contributed by atoms with E-state index in [-0.39, 0.29) is 24.3 Å². The maximum atomic E-state index is 11.9. The van der Waals surface area contributed by atoms with Crippen molar-refractivity contribution in [2.24, 2.45) is 5.73 Å². The summed E-state index contributed by atoms with van der Waals surface area (Å²) in [6.07, 6.45) is 0.525. The Kier molecular flexibility index (Phi) is 4.16. The Balaban J connectivity index is 2.21. The van der Waals surface area contributed by atoms with Crippen LogP contribution in [-0.4, -0.2) is 31.1 Å². The van der Waals surface area contributed by atoms with Gasteiger partial charge in [-0.25, -0.2) is 0 Å². The number of esters is 1. The molecule has 2 rings (SSSR count). The third-order valence-electron chi connectivity index (χ3n) is 3.08. The van der Waals surface area contributed by atoms with Crippen molar-refractivity contribution in [1.82, 2.24) is 0 Å². The zero-order chi connectivity index (χ0) is 13.8. The minimum Gasteiger partial charge on any atom is -0.466 e. The maximum Gasteiger partial charge on any atom is 0.310 e. The summed E-state index contributed by atoms with van der Waals surface area (Å²) in [5, 5.41) is 0. The van der Waals surface area contributed by atoms with Crippen LogP contribution < -0.4 is 10.6 Å². The molecule has 5 nitrogen and oxygen atoms in total. The lowest BCUT2D eigenvalue weighted by atomic mass is 10.1. The lowest BCUT2D eigenvalue weighted by Crippen LogP contribution is -2.29. The summed E-state index contributed by atoms with van der Waals surface area (Å²) >= 11 is 0. The molecule has 1 aliphatic rings. The second-order valence-electron chi connectivity index (χ2n) is 4.58. The molecule has 1 aliphatic heterocycles. The largest absolute Gasteiger partial charge is 0.466 e. The average molecular weight is 262 g/mol. The molecule has 0 aliphatic carbocycles. The number of benzene rings is 1. The van der Waals surface area contributed by atoms with E-state index in [1.165, 1.54) is 0 Å². The van der Waals surface area contributed by atoms with Crippen molar-refractivity contribution in [3.8, 4) is 0 Å². The van der Waals surface area contributed by atoms with E-state index < -0.39 is 0 Å². The number of anilines is 1. The van der Waals surface area contributed by atoms with Crippen molar-refractivity contribution in [1.29, 1.82) is 0 Å².